The van der Waals surface area contributed by atoms with Crippen molar-refractivity contribution < 1.29 is 14.7 Å². The van der Waals surface area contributed by atoms with E-state index in [2.05, 4.69) is 10.4 Å². The fourth-order valence-corrected chi connectivity index (χ4v) is 4.07. The Morgan fingerprint density at radius 2 is 2.04 bits per heavy atom. The average molecular weight is 374 g/mol. The van der Waals surface area contributed by atoms with Gasteiger partial charge in [0.2, 0.25) is 0 Å². The van der Waals surface area contributed by atoms with Crippen molar-refractivity contribution in [2.45, 2.75) is 5.37 Å². The molecule has 0 spiro atoms. The second-order valence-electron chi connectivity index (χ2n) is 5.55. The molecule has 2 aliphatic rings. The maximum Gasteiger partial charge on any atom is 0.276 e. The predicted molar refractivity (Wildman–Crippen MR) is 96.8 cm³/mol. The second kappa shape index (κ2) is 6.09. The summed E-state index contributed by atoms with van der Waals surface area (Å²) in [4.78, 5) is 24.6. The van der Waals surface area contributed by atoms with Gasteiger partial charge in [-0.25, -0.2) is 5.01 Å². The number of benzene rings is 2. The Balaban J connectivity index is 1.77. The molecule has 2 N–H and O–H groups in total. The maximum absolute atomic E-state index is 12.3. The van der Waals surface area contributed by atoms with Crippen LogP contribution in [0.1, 0.15) is 16.5 Å². The number of nitrogens with zero attached hydrogens (tertiary/aromatic N) is 2. The first-order valence-corrected chi connectivity index (χ1v) is 8.88. The van der Waals surface area contributed by atoms with Crippen LogP contribution in [0.15, 0.2) is 47.6 Å². The van der Waals surface area contributed by atoms with Crippen LogP contribution in [-0.2, 0) is 9.59 Å². The van der Waals surface area contributed by atoms with E-state index in [-0.39, 0.29) is 23.1 Å². The number of amides is 2. The van der Waals surface area contributed by atoms with Crippen LogP contribution in [0.2, 0.25) is 5.02 Å². The van der Waals surface area contributed by atoms with Crippen LogP contribution >= 0.6 is 23.4 Å². The summed E-state index contributed by atoms with van der Waals surface area (Å²) in [5.74, 6) is -0.314. The van der Waals surface area contributed by atoms with Gasteiger partial charge in [0.1, 0.15) is 11.1 Å². The summed E-state index contributed by atoms with van der Waals surface area (Å²) >= 11 is 7.36. The van der Waals surface area contributed by atoms with Gasteiger partial charge >= 0.3 is 0 Å². The minimum atomic E-state index is -0.489. The number of hydrogen-bond donors (Lipinski definition) is 2. The fourth-order valence-electron chi connectivity index (χ4n) is 2.78. The first-order valence-electron chi connectivity index (χ1n) is 7.46. The first kappa shape index (κ1) is 16.0. The molecule has 2 heterocycles. The van der Waals surface area contributed by atoms with Crippen molar-refractivity contribution in [3.8, 4) is 5.75 Å². The molecule has 6 nitrogen and oxygen atoms in total. The number of aromatic hydroxyl groups is 1. The van der Waals surface area contributed by atoms with Gasteiger partial charge in [-0.05, 0) is 24.3 Å². The van der Waals surface area contributed by atoms with E-state index in [4.69, 9.17) is 11.6 Å². The van der Waals surface area contributed by atoms with Crippen molar-refractivity contribution >= 4 is 46.6 Å². The topological polar surface area (TPSA) is 82.0 Å². The molecule has 0 aliphatic carbocycles. The van der Waals surface area contributed by atoms with Crippen LogP contribution in [0.3, 0.4) is 0 Å². The average Bonchev–Trinajstić information content (AvgIpc) is 3.09. The number of thioether (sulfide) groups is 1. The Morgan fingerprint density at radius 3 is 2.84 bits per heavy atom. The number of anilines is 1. The van der Waals surface area contributed by atoms with Crippen LogP contribution in [0.4, 0.5) is 5.69 Å². The highest BCUT2D eigenvalue weighted by molar-refractivity contribution is 8.00. The van der Waals surface area contributed by atoms with Crippen LogP contribution in [-0.4, -0.2) is 33.4 Å². The molecule has 4 rings (SSSR count). The van der Waals surface area contributed by atoms with Gasteiger partial charge in [0.25, 0.3) is 11.8 Å². The van der Waals surface area contributed by atoms with E-state index in [1.807, 2.05) is 0 Å². The number of fused-ring (bicyclic) bond motifs is 1. The molecule has 0 bridgehead atoms. The Kier molecular flexibility index (Phi) is 3.89. The van der Waals surface area contributed by atoms with Crippen LogP contribution in [0, 0.1) is 0 Å². The lowest BCUT2D eigenvalue weighted by atomic mass is 10.1. The lowest BCUT2D eigenvalue weighted by molar-refractivity contribution is -0.128. The molecule has 2 amide bonds. The molecule has 1 atom stereocenters. The summed E-state index contributed by atoms with van der Waals surface area (Å²) in [6.45, 7) is 0. The Morgan fingerprint density at radius 1 is 1.24 bits per heavy atom. The number of carbonyl (C=O) groups is 2. The summed E-state index contributed by atoms with van der Waals surface area (Å²) in [6.07, 6.45) is 0. The summed E-state index contributed by atoms with van der Waals surface area (Å²) in [5.41, 5.74) is 1.87. The highest BCUT2D eigenvalue weighted by Crippen LogP contribution is 2.42. The minimum Gasteiger partial charge on any atom is -0.508 e. The summed E-state index contributed by atoms with van der Waals surface area (Å²) in [7, 11) is 0. The molecule has 0 saturated carbocycles. The lowest BCUT2D eigenvalue weighted by Crippen LogP contribution is -2.27. The molecule has 1 unspecified atom stereocenters. The molecule has 8 heteroatoms. The van der Waals surface area contributed by atoms with E-state index in [1.165, 1.54) is 16.8 Å². The zero-order chi connectivity index (χ0) is 17.6. The highest BCUT2D eigenvalue weighted by atomic mass is 35.5. The lowest BCUT2D eigenvalue weighted by Gasteiger charge is -2.20. The summed E-state index contributed by atoms with van der Waals surface area (Å²) in [6, 6.07) is 11.8. The van der Waals surface area contributed by atoms with E-state index in [0.717, 1.165) is 0 Å². The van der Waals surface area contributed by atoms with Crippen molar-refractivity contribution in [3.63, 3.8) is 0 Å². The molecule has 1 fully saturated rings. The normalized spacial score (nSPS) is 20.9. The molecular formula is C17H12ClN3O3S. The molecule has 126 valence electrons. The SMILES string of the molecule is O=C1Nc2ccc(Cl)cc2C1=NN1C(=O)CSC1c1ccccc1O. The van der Waals surface area contributed by atoms with Crippen molar-refractivity contribution in [2.24, 2.45) is 5.10 Å². The summed E-state index contributed by atoms with van der Waals surface area (Å²) in [5, 5.41) is 18.3. The van der Waals surface area contributed by atoms with Gasteiger partial charge < -0.3 is 10.4 Å². The quantitative estimate of drug-likeness (QED) is 0.847. The summed E-state index contributed by atoms with van der Waals surface area (Å²) < 4.78 is 0. The number of nitrogens with one attached hydrogen (secondary N) is 1. The number of phenols is 1. The van der Waals surface area contributed by atoms with Gasteiger partial charge in [0, 0.05) is 16.1 Å². The zero-order valence-electron chi connectivity index (χ0n) is 12.8. The van der Waals surface area contributed by atoms with Gasteiger partial charge in [0.15, 0.2) is 5.71 Å². The van der Waals surface area contributed by atoms with Crippen molar-refractivity contribution in [2.75, 3.05) is 11.1 Å². The Hall–Kier alpha value is -2.51. The standard InChI is InChI=1S/C17H12ClN3O3S/c18-9-5-6-12-11(7-9)15(16(24)19-12)20-21-14(23)8-25-17(21)10-3-1-2-4-13(10)22/h1-7,17,22H,8H2,(H,19,20,24). The number of carbonyl (C=O) groups excluding carboxylic acids is 2. The molecule has 0 radical (unpaired) electrons. The van der Waals surface area contributed by atoms with Crippen molar-refractivity contribution in [1.82, 2.24) is 5.01 Å². The number of phenolic OH excluding ortho intramolecular Hbond substituents is 1. The van der Waals surface area contributed by atoms with Gasteiger partial charge in [-0.15, -0.1) is 11.8 Å². The minimum absolute atomic E-state index is 0.0826. The van der Waals surface area contributed by atoms with Crippen molar-refractivity contribution in [3.05, 3.63) is 58.6 Å². The first-order chi connectivity index (χ1) is 12.0. The maximum atomic E-state index is 12.3. The molecule has 2 aromatic rings. The molecule has 0 aromatic heterocycles. The smallest absolute Gasteiger partial charge is 0.276 e. The van der Waals surface area contributed by atoms with Crippen molar-refractivity contribution in [1.29, 1.82) is 0 Å². The van der Waals surface area contributed by atoms with Crippen LogP contribution in [0.5, 0.6) is 5.75 Å². The third-order valence-electron chi connectivity index (χ3n) is 3.95. The monoisotopic (exact) mass is 373 g/mol. The number of hydrogen-bond acceptors (Lipinski definition) is 5. The number of para-hydroxylation sites is 1. The van der Waals surface area contributed by atoms with E-state index in [0.29, 0.717) is 21.8 Å². The predicted octanol–water partition coefficient (Wildman–Crippen LogP) is 2.98. The Labute approximate surface area is 152 Å². The third kappa shape index (κ3) is 2.75. The fraction of sp³-hybridized carbons (Fsp3) is 0.118. The molecule has 2 aromatic carbocycles. The third-order valence-corrected chi connectivity index (χ3v) is 5.37. The highest BCUT2D eigenvalue weighted by Gasteiger charge is 2.37. The molecule has 25 heavy (non-hydrogen) atoms. The van der Waals surface area contributed by atoms with E-state index < -0.39 is 11.3 Å². The van der Waals surface area contributed by atoms with Gasteiger partial charge in [-0.1, -0.05) is 29.8 Å². The second-order valence-corrected chi connectivity index (χ2v) is 7.06. The number of hydrazone groups is 1. The molecule has 1 saturated heterocycles. The van der Waals surface area contributed by atoms with Gasteiger partial charge in [-0.3, -0.25) is 9.59 Å². The van der Waals surface area contributed by atoms with Gasteiger partial charge in [0.05, 0.1) is 11.4 Å². The zero-order valence-corrected chi connectivity index (χ0v) is 14.3. The molecule has 2 aliphatic heterocycles. The van der Waals surface area contributed by atoms with E-state index in [9.17, 15) is 14.7 Å². The van der Waals surface area contributed by atoms with Gasteiger partial charge in [-0.2, -0.15) is 5.10 Å². The Bertz CT molecular complexity index is 931. The van der Waals surface area contributed by atoms with Crippen LogP contribution < -0.4 is 5.32 Å². The largest absolute Gasteiger partial charge is 0.508 e. The van der Waals surface area contributed by atoms with Crippen LogP contribution in [0.25, 0.3) is 0 Å². The van der Waals surface area contributed by atoms with E-state index >= 15 is 0 Å². The van der Waals surface area contributed by atoms with E-state index in [1.54, 1.807) is 42.5 Å². The molecular weight excluding hydrogens is 362 g/mol. The number of rotatable bonds is 2. The number of halogens is 1.